The van der Waals surface area contributed by atoms with Gasteiger partial charge in [0.05, 0.1) is 14.4 Å². The molecule has 0 aromatic heterocycles. The topological polar surface area (TPSA) is 66.9 Å². The van der Waals surface area contributed by atoms with Crippen LogP contribution in [0.25, 0.3) is 6.08 Å². The maximum absolute atomic E-state index is 13.0. The first-order chi connectivity index (χ1) is 18.3. The van der Waals surface area contributed by atoms with Crippen molar-refractivity contribution >= 4 is 74.0 Å². The van der Waals surface area contributed by atoms with Crippen molar-refractivity contribution in [1.29, 1.82) is 0 Å². The SMILES string of the molecule is O=C(CN1C(=O)S/C(=C\c2cc(Cl)c(OCc3ccc(Cl)cc3)c(Br)c2)C1=O)N1CCc2ccccc2C1. The van der Waals surface area contributed by atoms with Crippen LogP contribution in [-0.2, 0) is 29.2 Å². The Balaban J connectivity index is 1.25. The highest BCUT2D eigenvalue weighted by molar-refractivity contribution is 9.10. The molecule has 0 N–H and O–H groups in total. The van der Waals surface area contributed by atoms with Gasteiger partial charge in [-0.15, -0.1) is 0 Å². The number of rotatable bonds is 6. The molecule has 194 valence electrons. The van der Waals surface area contributed by atoms with Gasteiger partial charge in [0.2, 0.25) is 5.91 Å². The fourth-order valence-electron chi connectivity index (χ4n) is 4.27. The molecule has 0 atom stereocenters. The van der Waals surface area contributed by atoms with E-state index in [4.69, 9.17) is 27.9 Å². The lowest BCUT2D eigenvalue weighted by Gasteiger charge is -2.29. The van der Waals surface area contributed by atoms with E-state index in [1.807, 2.05) is 30.3 Å². The molecule has 1 fully saturated rings. The van der Waals surface area contributed by atoms with Crippen molar-refractivity contribution in [2.75, 3.05) is 13.1 Å². The summed E-state index contributed by atoms with van der Waals surface area (Å²) in [5.41, 5.74) is 3.85. The van der Waals surface area contributed by atoms with Gasteiger partial charge in [-0.25, -0.2) is 0 Å². The number of nitrogens with zero attached hydrogens (tertiary/aromatic N) is 2. The minimum Gasteiger partial charge on any atom is -0.486 e. The molecule has 3 aromatic carbocycles. The van der Waals surface area contributed by atoms with Gasteiger partial charge < -0.3 is 9.64 Å². The number of benzene rings is 3. The van der Waals surface area contributed by atoms with Gasteiger partial charge in [-0.3, -0.25) is 19.3 Å². The van der Waals surface area contributed by atoms with Gasteiger partial charge in [0.25, 0.3) is 11.1 Å². The summed E-state index contributed by atoms with van der Waals surface area (Å²) < 4.78 is 6.48. The number of carbonyl (C=O) groups excluding carboxylic acids is 3. The molecule has 0 unspecified atom stereocenters. The van der Waals surface area contributed by atoms with Crippen LogP contribution in [0.2, 0.25) is 10.0 Å². The van der Waals surface area contributed by atoms with E-state index < -0.39 is 11.1 Å². The molecule has 0 saturated carbocycles. The number of thioether (sulfide) groups is 1. The fourth-order valence-corrected chi connectivity index (χ4v) is 6.22. The van der Waals surface area contributed by atoms with Crippen molar-refractivity contribution in [2.24, 2.45) is 0 Å². The number of ether oxygens (including phenoxy) is 1. The van der Waals surface area contributed by atoms with E-state index in [1.165, 1.54) is 5.56 Å². The normalized spacial score (nSPS) is 16.2. The monoisotopic (exact) mass is 630 g/mol. The molecule has 2 aliphatic heterocycles. The zero-order chi connectivity index (χ0) is 26.8. The van der Waals surface area contributed by atoms with E-state index in [0.717, 1.165) is 34.2 Å². The average Bonchev–Trinajstić information content (AvgIpc) is 3.16. The second-order valence-corrected chi connectivity index (χ2v) is 11.5. The molecule has 3 amide bonds. The summed E-state index contributed by atoms with van der Waals surface area (Å²) >= 11 is 16.7. The van der Waals surface area contributed by atoms with Crippen LogP contribution in [0.3, 0.4) is 0 Å². The number of halogens is 3. The summed E-state index contributed by atoms with van der Waals surface area (Å²) in [5.74, 6) is -0.294. The van der Waals surface area contributed by atoms with E-state index in [2.05, 4.69) is 22.0 Å². The summed E-state index contributed by atoms with van der Waals surface area (Å²) in [5, 5.41) is 0.517. The molecule has 10 heteroatoms. The highest BCUT2D eigenvalue weighted by atomic mass is 79.9. The number of imide groups is 1. The first kappa shape index (κ1) is 26.8. The summed E-state index contributed by atoms with van der Waals surface area (Å²) in [6, 6.07) is 18.7. The highest BCUT2D eigenvalue weighted by Crippen LogP contribution is 2.38. The lowest BCUT2D eigenvalue weighted by Crippen LogP contribution is -2.44. The van der Waals surface area contributed by atoms with E-state index in [0.29, 0.717) is 45.5 Å². The number of amides is 3. The van der Waals surface area contributed by atoms with Crippen LogP contribution < -0.4 is 4.74 Å². The number of hydrogen-bond acceptors (Lipinski definition) is 5. The van der Waals surface area contributed by atoms with E-state index >= 15 is 0 Å². The minimum atomic E-state index is -0.499. The molecule has 0 spiro atoms. The molecule has 2 aliphatic rings. The van der Waals surface area contributed by atoms with Crippen molar-refractivity contribution in [3.8, 4) is 5.75 Å². The van der Waals surface area contributed by atoms with Gasteiger partial charge in [-0.2, -0.15) is 0 Å². The lowest BCUT2D eigenvalue weighted by molar-refractivity contribution is -0.136. The van der Waals surface area contributed by atoms with Crippen LogP contribution in [0.15, 0.2) is 70.0 Å². The zero-order valence-electron chi connectivity index (χ0n) is 20.0. The molecular formula is C28H21BrCl2N2O4S. The van der Waals surface area contributed by atoms with Crippen molar-refractivity contribution < 1.29 is 19.1 Å². The quantitative estimate of drug-likeness (QED) is 0.275. The Morgan fingerprint density at radius 3 is 2.53 bits per heavy atom. The Labute approximate surface area is 242 Å². The largest absolute Gasteiger partial charge is 0.486 e. The standard InChI is InChI=1S/C28H21BrCl2N2O4S/c29-22-11-18(12-23(31)26(22)37-16-17-5-7-21(30)8-6-17)13-24-27(35)33(28(36)38-24)15-25(34)32-10-9-19-3-1-2-4-20(19)14-32/h1-8,11-13H,9-10,14-16H2/b24-13-. The third-order valence-corrected chi connectivity index (χ3v) is 8.29. The second-order valence-electron chi connectivity index (χ2n) is 8.83. The molecule has 3 aromatic rings. The van der Waals surface area contributed by atoms with Crippen molar-refractivity contribution in [3.05, 3.63) is 102 Å². The van der Waals surface area contributed by atoms with Crippen LogP contribution in [0, 0.1) is 0 Å². The van der Waals surface area contributed by atoms with Crippen molar-refractivity contribution in [3.63, 3.8) is 0 Å². The molecule has 6 nitrogen and oxygen atoms in total. The summed E-state index contributed by atoms with van der Waals surface area (Å²) in [6.07, 6.45) is 2.34. The Bertz CT molecular complexity index is 1440. The van der Waals surface area contributed by atoms with Gasteiger partial charge in [0.1, 0.15) is 13.2 Å². The van der Waals surface area contributed by atoms with Crippen LogP contribution in [0.4, 0.5) is 4.79 Å². The second kappa shape index (κ2) is 11.5. The summed E-state index contributed by atoms with van der Waals surface area (Å²) in [4.78, 5) is 41.5. The molecule has 38 heavy (non-hydrogen) atoms. The summed E-state index contributed by atoms with van der Waals surface area (Å²) in [7, 11) is 0. The molecule has 1 saturated heterocycles. The Morgan fingerprint density at radius 2 is 1.79 bits per heavy atom. The zero-order valence-corrected chi connectivity index (χ0v) is 23.9. The number of carbonyl (C=O) groups is 3. The van der Waals surface area contributed by atoms with E-state index in [1.54, 1.807) is 35.2 Å². The molecule has 2 heterocycles. The van der Waals surface area contributed by atoms with Crippen LogP contribution in [0.5, 0.6) is 5.75 Å². The third-order valence-electron chi connectivity index (χ3n) is 6.27. The van der Waals surface area contributed by atoms with Crippen LogP contribution in [0.1, 0.15) is 22.3 Å². The Morgan fingerprint density at radius 1 is 1.05 bits per heavy atom. The average molecular weight is 632 g/mol. The minimum absolute atomic E-state index is 0.226. The van der Waals surface area contributed by atoms with E-state index in [-0.39, 0.29) is 17.4 Å². The van der Waals surface area contributed by atoms with Gasteiger partial charge in [0, 0.05) is 18.1 Å². The molecule has 0 aliphatic carbocycles. The van der Waals surface area contributed by atoms with Crippen molar-refractivity contribution in [2.45, 2.75) is 19.6 Å². The highest BCUT2D eigenvalue weighted by Gasteiger charge is 2.37. The number of hydrogen-bond donors (Lipinski definition) is 0. The summed E-state index contributed by atoms with van der Waals surface area (Å²) in [6.45, 7) is 1.04. The smallest absolute Gasteiger partial charge is 0.294 e. The van der Waals surface area contributed by atoms with Gasteiger partial charge >= 0.3 is 0 Å². The predicted molar refractivity (Wildman–Crippen MR) is 153 cm³/mol. The first-order valence-corrected chi connectivity index (χ1v) is 14.1. The number of fused-ring (bicyclic) bond motifs is 1. The maximum Gasteiger partial charge on any atom is 0.294 e. The van der Waals surface area contributed by atoms with Crippen molar-refractivity contribution in [1.82, 2.24) is 9.80 Å². The molecule has 0 radical (unpaired) electrons. The van der Waals surface area contributed by atoms with Gasteiger partial charge in [-0.05, 0) is 86.7 Å². The van der Waals surface area contributed by atoms with Gasteiger partial charge in [0.15, 0.2) is 5.75 Å². The van der Waals surface area contributed by atoms with Crippen LogP contribution >= 0.6 is 50.9 Å². The fraction of sp³-hybridized carbons (Fsp3) is 0.179. The Kier molecular flexibility index (Phi) is 8.14. The van der Waals surface area contributed by atoms with Crippen LogP contribution in [-0.4, -0.2) is 39.9 Å². The van der Waals surface area contributed by atoms with Gasteiger partial charge in [-0.1, -0.05) is 59.6 Å². The molecular weight excluding hydrogens is 611 g/mol. The maximum atomic E-state index is 13.0. The third kappa shape index (κ3) is 5.94. The molecule has 0 bridgehead atoms. The Hall–Kier alpha value is -2.78. The molecule has 5 rings (SSSR count). The van der Waals surface area contributed by atoms with E-state index in [9.17, 15) is 14.4 Å². The first-order valence-electron chi connectivity index (χ1n) is 11.7. The lowest BCUT2D eigenvalue weighted by atomic mass is 10.00. The predicted octanol–water partition coefficient (Wildman–Crippen LogP) is 6.96.